The maximum Gasteiger partial charge on any atom is 0.252 e. The molecule has 2 heterocycles. The number of rotatable bonds is 6. The van der Waals surface area contributed by atoms with Crippen molar-refractivity contribution in [1.29, 1.82) is 0 Å². The number of carbonyl (C=O) groups excluding carboxylic acids is 1. The van der Waals surface area contributed by atoms with Crippen molar-refractivity contribution in [3.05, 3.63) is 28.5 Å². The van der Waals surface area contributed by atoms with Crippen molar-refractivity contribution >= 4 is 31.9 Å². The van der Waals surface area contributed by atoms with E-state index in [-0.39, 0.29) is 25.0 Å². The van der Waals surface area contributed by atoms with Crippen LogP contribution in [-0.2, 0) is 14.8 Å². The molecule has 7 nitrogen and oxygen atoms in total. The van der Waals surface area contributed by atoms with Crippen LogP contribution in [0.15, 0.2) is 22.9 Å². The summed E-state index contributed by atoms with van der Waals surface area (Å²) in [5.74, 6) is -0.278. The standard InChI is InChI=1S/C14H20BrN3O4S/c1-23(20,21)18(13-2-6-22-7-3-13)5-4-17-14(19)11-8-12(15)10-16-9-11/h8-10,13H,2-7H2,1H3,(H,17,19). The summed E-state index contributed by atoms with van der Waals surface area (Å²) < 4.78 is 31.4. The van der Waals surface area contributed by atoms with Crippen LogP contribution in [-0.4, -0.2) is 62.2 Å². The van der Waals surface area contributed by atoms with Gasteiger partial charge in [-0.3, -0.25) is 9.78 Å². The number of carbonyl (C=O) groups is 1. The first-order chi connectivity index (χ1) is 10.9. The average Bonchev–Trinajstić information content (AvgIpc) is 2.51. The minimum absolute atomic E-state index is 0.0665. The van der Waals surface area contributed by atoms with Crippen LogP contribution in [0.2, 0.25) is 0 Å². The van der Waals surface area contributed by atoms with E-state index in [2.05, 4.69) is 26.2 Å². The van der Waals surface area contributed by atoms with Crippen LogP contribution < -0.4 is 5.32 Å². The fraction of sp³-hybridized carbons (Fsp3) is 0.571. The summed E-state index contributed by atoms with van der Waals surface area (Å²) in [5, 5.41) is 2.73. The molecule has 1 fully saturated rings. The van der Waals surface area contributed by atoms with Gasteiger partial charge < -0.3 is 10.1 Å². The van der Waals surface area contributed by atoms with Gasteiger partial charge in [-0.15, -0.1) is 0 Å². The van der Waals surface area contributed by atoms with Crippen molar-refractivity contribution in [2.45, 2.75) is 18.9 Å². The highest BCUT2D eigenvalue weighted by Gasteiger charge is 2.28. The topological polar surface area (TPSA) is 88.6 Å². The largest absolute Gasteiger partial charge is 0.381 e. The summed E-state index contributed by atoms with van der Waals surface area (Å²) in [5.41, 5.74) is 0.427. The Hall–Kier alpha value is -1.03. The smallest absolute Gasteiger partial charge is 0.252 e. The molecule has 0 saturated carbocycles. The fourth-order valence-corrected chi connectivity index (χ4v) is 4.05. The summed E-state index contributed by atoms with van der Waals surface area (Å²) >= 11 is 3.26. The molecule has 0 aromatic carbocycles. The van der Waals surface area contributed by atoms with Gasteiger partial charge in [-0.1, -0.05) is 0 Å². The second kappa shape index (κ2) is 8.18. The molecule has 0 spiro atoms. The Morgan fingerprint density at radius 3 is 2.74 bits per heavy atom. The molecule has 1 aliphatic rings. The predicted octanol–water partition coefficient (Wildman–Crippen LogP) is 1.01. The first-order valence-corrected chi connectivity index (χ1v) is 9.95. The molecule has 1 aliphatic heterocycles. The SMILES string of the molecule is CS(=O)(=O)N(CCNC(=O)c1cncc(Br)c1)C1CCOCC1. The van der Waals surface area contributed by atoms with Crippen molar-refractivity contribution < 1.29 is 17.9 Å². The van der Waals surface area contributed by atoms with Crippen LogP contribution in [0, 0.1) is 0 Å². The lowest BCUT2D eigenvalue weighted by atomic mass is 10.1. The van der Waals surface area contributed by atoms with Crippen LogP contribution in [0.1, 0.15) is 23.2 Å². The van der Waals surface area contributed by atoms with E-state index in [1.165, 1.54) is 16.8 Å². The van der Waals surface area contributed by atoms with E-state index in [4.69, 9.17) is 4.74 Å². The fourth-order valence-electron chi connectivity index (χ4n) is 2.51. The summed E-state index contributed by atoms with van der Waals surface area (Å²) in [7, 11) is -3.33. The molecule has 2 rings (SSSR count). The zero-order valence-electron chi connectivity index (χ0n) is 12.9. The van der Waals surface area contributed by atoms with Gasteiger partial charge >= 0.3 is 0 Å². The summed E-state index contributed by atoms with van der Waals surface area (Å²) in [4.78, 5) is 16.0. The zero-order chi connectivity index (χ0) is 16.9. The van der Waals surface area contributed by atoms with Crippen LogP contribution in [0.3, 0.4) is 0 Å². The van der Waals surface area contributed by atoms with Gasteiger partial charge in [0.2, 0.25) is 10.0 Å². The highest BCUT2D eigenvalue weighted by Crippen LogP contribution is 2.17. The highest BCUT2D eigenvalue weighted by molar-refractivity contribution is 9.10. The molecule has 0 aliphatic carbocycles. The minimum Gasteiger partial charge on any atom is -0.381 e. The molecule has 1 aromatic rings. The third-order valence-corrected chi connectivity index (χ3v) is 5.38. The number of hydrogen-bond donors (Lipinski definition) is 1. The second-order valence-electron chi connectivity index (χ2n) is 5.36. The van der Waals surface area contributed by atoms with Crippen molar-refractivity contribution in [1.82, 2.24) is 14.6 Å². The van der Waals surface area contributed by atoms with E-state index < -0.39 is 10.0 Å². The van der Waals surface area contributed by atoms with Crippen molar-refractivity contribution in [2.75, 3.05) is 32.6 Å². The van der Waals surface area contributed by atoms with Gasteiger partial charge in [0.25, 0.3) is 5.91 Å². The van der Waals surface area contributed by atoms with Gasteiger partial charge in [-0.25, -0.2) is 8.42 Å². The van der Waals surface area contributed by atoms with Crippen LogP contribution in [0.5, 0.6) is 0 Å². The molecule has 23 heavy (non-hydrogen) atoms. The summed E-state index contributed by atoms with van der Waals surface area (Å²) in [6.45, 7) is 1.62. The number of aromatic nitrogens is 1. The minimum atomic E-state index is -3.33. The maximum atomic E-state index is 12.0. The first kappa shape index (κ1) is 18.3. The maximum absolute atomic E-state index is 12.0. The molecule has 128 valence electrons. The molecule has 0 atom stereocenters. The lowest BCUT2D eigenvalue weighted by Gasteiger charge is -2.32. The average molecular weight is 406 g/mol. The number of pyridine rings is 1. The Balaban J connectivity index is 1.92. The summed E-state index contributed by atoms with van der Waals surface area (Å²) in [6, 6.07) is 1.60. The van der Waals surface area contributed by atoms with Gasteiger partial charge in [0, 0.05) is 49.2 Å². The highest BCUT2D eigenvalue weighted by atomic mass is 79.9. The van der Waals surface area contributed by atoms with Crippen molar-refractivity contribution in [2.24, 2.45) is 0 Å². The molecule has 1 amide bonds. The number of nitrogens with one attached hydrogen (secondary N) is 1. The first-order valence-electron chi connectivity index (χ1n) is 7.31. The van der Waals surface area contributed by atoms with Crippen molar-refractivity contribution in [3.63, 3.8) is 0 Å². The Morgan fingerprint density at radius 1 is 1.43 bits per heavy atom. The lowest BCUT2D eigenvalue weighted by molar-refractivity contribution is 0.0585. The van der Waals surface area contributed by atoms with Crippen LogP contribution in [0.4, 0.5) is 0 Å². The quantitative estimate of drug-likeness (QED) is 0.762. The molecule has 1 saturated heterocycles. The molecule has 0 bridgehead atoms. The lowest BCUT2D eigenvalue weighted by Crippen LogP contribution is -2.46. The van der Waals surface area contributed by atoms with Gasteiger partial charge in [0.15, 0.2) is 0 Å². The third kappa shape index (κ3) is 5.52. The molecular weight excluding hydrogens is 386 g/mol. The number of sulfonamides is 1. The molecule has 0 radical (unpaired) electrons. The number of halogens is 1. The molecule has 9 heteroatoms. The van der Waals surface area contributed by atoms with Gasteiger partial charge in [0.1, 0.15) is 0 Å². The van der Waals surface area contributed by atoms with Crippen molar-refractivity contribution in [3.8, 4) is 0 Å². The number of nitrogens with zero attached hydrogens (tertiary/aromatic N) is 2. The van der Waals surface area contributed by atoms with E-state index >= 15 is 0 Å². The molecular formula is C14H20BrN3O4S. The Bertz CT molecular complexity index is 647. The second-order valence-corrected chi connectivity index (χ2v) is 8.22. The Labute approximate surface area is 144 Å². The number of hydrogen-bond acceptors (Lipinski definition) is 5. The van der Waals surface area contributed by atoms with E-state index in [0.29, 0.717) is 36.1 Å². The van der Waals surface area contributed by atoms with Gasteiger partial charge in [-0.05, 0) is 34.8 Å². The zero-order valence-corrected chi connectivity index (χ0v) is 15.3. The molecule has 1 aromatic heterocycles. The van der Waals surface area contributed by atoms with Crippen LogP contribution >= 0.6 is 15.9 Å². The van der Waals surface area contributed by atoms with E-state index in [0.717, 1.165) is 0 Å². The number of ether oxygens (including phenoxy) is 1. The van der Waals surface area contributed by atoms with E-state index in [1.807, 2.05) is 0 Å². The molecule has 0 unspecified atom stereocenters. The van der Waals surface area contributed by atoms with Gasteiger partial charge in [-0.2, -0.15) is 4.31 Å². The number of amides is 1. The summed E-state index contributed by atoms with van der Waals surface area (Å²) in [6.07, 6.45) is 5.61. The Kier molecular flexibility index (Phi) is 6.51. The van der Waals surface area contributed by atoms with E-state index in [9.17, 15) is 13.2 Å². The normalized spacial score (nSPS) is 16.5. The predicted molar refractivity (Wildman–Crippen MR) is 89.7 cm³/mol. The Morgan fingerprint density at radius 2 is 2.13 bits per heavy atom. The van der Waals surface area contributed by atoms with Crippen LogP contribution in [0.25, 0.3) is 0 Å². The van der Waals surface area contributed by atoms with E-state index in [1.54, 1.807) is 12.3 Å². The van der Waals surface area contributed by atoms with Gasteiger partial charge in [0.05, 0.1) is 11.8 Å². The third-order valence-electron chi connectivity index (χ3n) is 3.61. The monoisotopic (exact) mass is 405 g/mol. The molecule has 1 N–H and O–H groups in total.